The predicted molar refractivity (Wildman–Crippen MR) is 95.4 cm³/mol. The Morgan fingerprint density at radius 3 is 2.63 bits per heavy atom. The standard InChI is InChI=1S/C19H18F3NO3S/c1-10(18(24)23-13-8-7-12(20)16(21)17(13)22)26-19(25)15-9-11-5-3-2-4-6-14(11)27-15/h7-10H,2-6H2,1H3,(H,23,24)/t10-/m1/s1. The molecule has 3 rings (SSSR count). The fourth-order valence-corrected chi connectivity index (χ4v) is 4.03. The zero-order valence-corrected chi connectivity index (χ0v) is 15.4. The van der Waals surface area contributed by atoms with E-state index in [2.05, 4.69) is 5.32 Å². The highest BCUT2D eigenvalue weighted by molar-refractivity contribution is 7.14. The van der Waals surface area contributed by atoms with E-state index in [1.807, 2.05) is 0 Å². The summed E-state index contributed by atoms with van der Waals surface area (Å²) in [5.74, 6) is -6.03. The third kappa shape index (κ3) is 4.32. The van der Waals surface area contributed by atoms with E-state index in [0.29, 0.717) is 10.9 Å². The minimum Gasteiger partial charge on any atom is -0.448 e. The number of halogens is 3. The van der Waals surface area contributed by atoms with Gasteiger partial charge in [-0.2, -0.15) is 0 Å². The zero-order chi connectivity index (χ0) is 19.6. The van der Waals surface area contributed by atoms with Crippen molar-refractivity contribution < 1.29 is 27.5 Å². The molecule has 0 unspecified atom stereocenters. The number of hydrogen-bond donors (Lipinski definition) is 1. The number of ether oxygens (including phenoxy) is 1. The number of aryl methyl sites for hydroxylation is 2. The molecule has 144 valence electrons. The Bertz CT molecular complexity index is 858. The monoisotopic (exact) mass is 397 g/mol. The quantitative estimate of drug-likeness (QED) is 0.465. The van der Waals surface area contributed by atoms with E-state index >= 15 is 0 Å². The lowest BCUT2D eigenvalue weighted by molar-refractivity contribution is -0.123. The summed E-state index contributed by atoms with van der Waals surface area (Å²) in [4.78, 5) is 26.0. The van der Waals surface area contributed by atoms with Crippen molar-refractivity contribution in [1.29, 1.82) is 0 Å². The number of carbonyl (C=O) groups excluding carboxylic acids is 2. The van der Waals surface area contributed by atoms with Gasteiger partial charge in [0, 0.05) is 4.88 Å². The fourth-order valence-electron chi connectivity index (χ4n) is 2.90. The molecule has 1 aromatic heterocycles. The third-order valence-corrected chi connectivity index (χ3v) is 5.61. The van der Waals surface area contributed by atoms with Crippen LogP contribution >= 0.6 is 11.3 Å². The van der Waals surface area contributed by atoms with Gasteiger partial charge in [-0.3, -0.25) is 4.79 Å². The van der Waals surface area contributed by atoms with E-state index in [1.54, 1.807) is 6.07 Å². The molecule has 1 aliphatic carbocycles. The van der Waals surface area contributed by atoms with Crippen molar-refractivity contribution in [3.05, 3.63) is 51.0 Å². The second-order valence-corrected chi connectivity index (χ2v) is 7.52. The molecule has 4 nitrogen and oxygen atoms in total. The Balaban J connectivity index is 1.64. The summed E-state index contributed by atoms with van der Waals surface area (Å²) < 4.78 is 45.0. The summed E-state index contributed by atoms with van der Waals surface area (Å²) in [7, 11) is 0. The number of fused-ring (bicyclic) bond motifs is 1. The van der Waals surface area contributed by atoms with E-state index < -0.39 is 41.1 Å². The van der Waals surface area contributed by atoms with Crippen LogP contribution in [-0.4, -0.2) is 18.0 Å². The summed E-state index contributed by atoms with van der Waals surface area (Å²) in [6.45, 7) is 1.32. The van der Waals surface area contributed by atoms with Gasteiger partial charge in [0.2, 0.25) is 0 Å². The normalized spacial score (nSPS) is 14.8. The van der Waals surface area contributed by atoms with E-state index in [9.17, 15) is 22.8 Å². The van der Waals surface area contributed by atoms with Crippen LogP contribution in [0.15, 0.2) is 18.2 Å². The van der Waals surface area contributed by atoms with Crippen molar-refractivity contribution in [2.75, 3.05) is 5.32 Å². The van der Waals surface area contributed by atoms with E-state index in [-0.39, 0.29) is 0 Å². The summed E-state index contributed by atoms with van der Waals surface area (Å²) in [5, 5.41) is 2.10. The highest BCUT2D eigenvalue weighted by Crippen LogP contribution is 2.29. The van der Waals surface area contributed by atoms with Crippen molar-refractivity contribution in [3.8, 4) is 0 Å². The number of nitrogens with one attached hydrogen (secondary N) is 1. The lowest BCUT2D eigenvalue weighted by Gasteiger charge is -2.13. The molecule has 8 heteroatoms. The molecule has 0 bridgehead atoms. The molecule has 1 aliphatic rings. The summed E-state index contributed by atoms with van der Waals surface area (Å²) >= 11 is 1.36. The van der Waals surface area contributed by atoms with Crippen LogP contribution in [0.4, 0.5) is 18.9 Å². The molecule has 0 radical (unpaired) electrons. The van der Waals surface area contributed by atoms with Crippen LogP contribution in [0.3, 0.4) is 0 Å². The van der Waals surface area contributed by atoms with E-state index in [0.717, 1.165) is 37.3 Å². The van der Waals surface area contributed by atoms with Crippen LogP contribution in [0, 0.1) is 17.5 Å². The van der Waals surface area contributed by atoms with Gasteiger partial charge in [0.1, 0.15) is 4.88 Å². The molecule has 0 spiro atoms. The van der Waals surface area contributed by atoms with Gasteiger partial charge in [-0.25, -0.2) is 18.0 Å². The van der Waals surface area contributed by atoms with Crippen molar-refractivity contribution in [2.45, 2.75) is 45.1 Å². The van der Waals surface area contributed by atoms with Crippen molar-refractivity contribution in [1.82, 2.24) is 0 Å². The predicted octanol–water partition coefficient (Wildman–Crippen LogP) is 4.62. The number of hydrogen-bond acceptors (Lipinski definition) is 4. The Morgan fingerprint density at radius 1 is 1.11 bits per heavy atom. The highest BCUT2D eigenvalue weighted by atomic mass is 32.1. The lowest BCUT2D eigenvalue weighted by Crippen LogP contribution is -2.30. The van der Waals surface area contributed by atoms with Crippen LogP contribution in [0.25, 0.3) is 0 Å². The molecule has 0 fully saturated rings. The Hall–Kier alpha value is -2.35. The zero-order valence-electron chi connectivity index (χ0n) is 14.6. The fraction of sp³-hybridized carbons (Fsp3) is 0.368. The van der Waals surface area contributed by atoms with E-state index in [4.69, 9.17) is 4.74 Å². The van der Waals surface area contributed by atoms with Gasteiger partial charge in [0.05, 0.1) is 5.69 Å². The maximum absolute atomic E-state index is 13.6. The number of rotatable bonds is 4. The average Bonchev–Trinajstić information content (AvgIpc) is 2.93. The van der Waals surface area contributed by atoms with Crippen LogP contribution in [0.1, 0.15) is 46.3 Å². The first-order valence-corrected chi connectivity index (χ1v) is 9.45. The van der Waals surface area contributed by atoms with Gasteiger partial charge in [-0.05, 0) is 56.4 Å². The molecule has 27 heavy (non-hydrogen) atoms. The average molecular weight is 397 g/mol. The van der Waals surface area contributed by atoms with E-state index in [1.165, 1.54) is 29.6 Å². The highest BCUT2D eigenvalue weighted by Gasteiger charge is 2.24. The number of amides is 1. The molecule has 1 N–H and O–H groups in total. The first-order chi connectivity index (χ1) is 12.9. The van der Waals surface area contributed by atoms with Crippen LogP contribution < -0.4 is 5.32 Å². The SMILES string of the molecule is C[C@@H](OC(=O)c1cc2c(s1)CCCCC2)C(=O)Nc1ccc(F)c(F)c1F. The first-order valence-electron chi connectivity index (χ1n) is 8.63. The summed E-state index contributed by atoms with van der Waals surface area (Å²) in [5.41, 5.74) is 0.620. The molecule has 0 saturated carbocycles. The molecule has 1 atom stereocenters. The molecule has 1 heterocycles. The molecule has 1 aromatic carbocycles. The lowest BCUT2D eigenvalue weighted by atomic mass is 10.1. The summed E-state index contributed by atoms with van der Waals surface area (Å²) in [6.07, 6.45) is 3.95. The molecular formula is C19H18F3NO3S. The Labute approximate surface area is 158 Å². The Morgan fingerprint density at radius 2 is 1.85 bits per heavy atom. The maximum atomic E-state index is 13.6. The van der Waals surface area contributed by atoms with Gasteiger partial charge in [-0.1, -0.05) is 6.42 Å². The van der Waals surface area contributed by atoms with Crippen molar-refractivity contribution in [2.24, 2.45) is 0 Å². The van der Waals surface area contributed by atoms with Gasteiger partial charge < -0.3 is 10.1 Å². The van der Waals surface area contributed by atoms with Gasteiger partial charge in [0.15, 0.2) is 23.6 Å². The minimum atomic E-state index is -1.68. The molecule has 1 amide bonds. The van der Waals surface area contributed by atoms with Crippen molar-refractivity contribution in [3.63, 3.8) is 0 Å². The number of esters is 1. The Kier molecular flexibility index (Phi) is 5.84. The maximum Gasteiger partial charge on any atom is 0.349 e. The second-order valence-electron chi connectivity index (χ2n) is 6.38. The number of thiophene rings is 1. The van der Waals surface area contributed by atoms with Crippen LogP contribution in [0.2, 0.25) is 0 Å². The summed E-state index contributed by atoms with van der Waals surface area (Å²) in [6, 6.07) is 3.40. The molecule has 0 saturated heterocycles. The number of benzene rings is 1. The van der Waals surface area contributed by atoms with Crippen LogP contribution in [0.5, 0.6) is 0 Å². The van der Waals surface area contributed by atoms with Crippen molar-refractivity contribution >= 4 is 28.9 Å². The minimum absolute atomic E-state index is 0.417. The van der Waals surface area contributed by atoms with Gasteiger partial charge in [0.25, 0.3) is 5.91 Å². The third-order valence-electron chi connectivity index (χ3n) is 4.39. The topological polar surface area (TPSA) is 55.4 Å². The van der Waals surface area contributed by atoms with Gasteiger partial charge in [-0.15, -0.1) is 11.3 Å². The van der Waals surface area contributed by atoms with Gasteiger partial charge >= 0.3 is 5.97 Å². The number of carbonyl (C=O) groups is 2. The second kappa shape index (κ2) is 8.12. The molecular weight excluding hydrogens is 379 g/mol. The largest absolute Gasteiger partial charge is 0.448 e. The first kappa shape index (κ1) is 19.4. The molecule has 2 aromatic rings. The number of anilines is 1. The molecule has 0 aliphatic heterocycles. The smallest absolute Gasteiger partial charge is 0.349 e. The van der Waals surface area contributed by atoms with Crippen LogP contribution in [-0.2, 0) is 22.4 Å².